The van der Waals surface area contributed by atoms with Gasteiger partial charge >= 0.3 is 0 Å². The van der Waals surface area contributed by atoms with Crippen LogP contribution in [-0.4, -0.2) is 63.5 Å². The van der Waals surface area contributed by atoms with Crippen LogP contribution in [0.5, 0.6) is 0 Å². The first kappa shape index (κ1) is 18.6. The minimum atomic E-state index is -3.31. The molecule has 1 N–H and O–H groups in total. The molecule has 1 rings (SSSR count). The van der Waals surface area contributed by atoms with Crippen molar-refractivity contribution in [1.29, 1.82) is 0 Å². The van der Waals surface area contributed by atoms with Crippen molar-refractivity contribution >= 4 is 21.6 Å². The molecular weight excluding hydrogens is 302 g/mol. The number of rotatable bonds is 8. The van der Waals surface area contributed by atoms with E-state index in [-0.39, 0.29) is 18.9 Å². The first-order chi connectivity index (χ1) is 10.2. The fourth-order valence-corrected chi connectivity index (χ4v) is 2.76. The van der Waals surface area contributed by atoms with Gasteiger partial charge in [0.1, 0.15) is 0 Å². The number of carbonyl (C=O) groups is 1. The molecule has 0 aliphatic carbocycles. The van der Waals surface area contributed by atoms with E-state index in [1.807, 2.05) is 50.2 Å². The number of sulfonamides is 1. The van der Waals surface area contributed by atoms with Crippen LogP contribution in [0, 0.1) is 6.92 Å². The molecule has 1 amide bonds. The molecule has 0 fully saturated rings. The summed E-state index contributed by atoms with van der Waals surface area (Å²) < 4.78 is 24.8. The van der Waals surface area contributed by atoms with Crippen LogP contribution in [0.25, 0.3) is 0 Å². The number of nitrogens with zero attached hydrogens (tertiary/aromatic N) is 2. The maximum Gasteiger partial charge on any atom is 0.225 e. The van der Waals surface area contributed by atoms with E-state index in [0.29, 0.717) is 13.1 Å². The SMILES string of the molecule is Cc1cccc(NC(=O)CCN(CCN(C)C)S(C)(=O)=O)c1. The molecule has 0 atom stereocenters. The van der Waals surface area contributed by atoms with Crippen LogP contribution < -0.4 is 5.32 Å². The summed E-state index contributed by atoms with van der Waals surface area (Å²) in [5, 5.41) is 2.78. The second-order valence-electron chi connectivity index (χ2n) is 5.63. The summed E-state index contributed by atoms with van der Waals surface area (Å²) in [6, 6.07) is 7.50. The lowest BCUT2D eigenvalue weighted by Crippen LogP contribution is -2.37. The van der Waals surface area contributed by atoms with Gasteiger partial charge in [0.05, 0.1) is 6.26 Å². The number of aryl methyl sites for hydroxylation is 1. The number of anilines is 1. The lowest BCUT2D eigenvalue weighted by molar-refractivity contribution is -0.116. The van der Waals surface area contributed by atoms with Gasteiger partial charge in [-0.05, 0) is 38.7 Å². The van der Waals surface area contributed by atoms with Crippen LogP contribution in [-0.2, 0) is 14.8 Å². The Balaban J connectivity index is 2.55. The van der Waals surface area contributed by atoms with Crippen LogP contribution >= 0.6 is 0 Å². The standard InChI is InChI=1S/C15H25N3O3S/c1-13-6-5-7-14(12-13)16-15(19)8-9-18(22(4,20)21)11-10-17(2)3/h5-7,12H,8-11H2,1-4H3,(H,16,19). The highest BCUT2D eigenvalue weighted by Gasteiger charge is 2.17. The van der Waals surface area contributed by atoms with E-state index in [1.165, 1.54) is 10.6 Å². The second kappa shape index (κ2) is 8.26. The lowest BCUT2D eigenvalue weighted by atomic mass is 10.2. The van der Waals surface area contributed by atoms with Gasteiger partial charge in [-0.2, -0.15) is 0 Å². The number of hydrogen-bond acceptors (Lipinski definition) is 4. The molecule has 0 heterocycles. The van der Waals surface area contributed by atoms with Crippen molar-refractivity contribution in [1.82, 2.24) is 9.21 Å². The largest absolute Gasteiger partial charge is 0.326 e. The Morgan fingerprint density at radius 1 is 1.18 bits per heavy atom. The van der Waals surface area contributed by atoms with Gasteiger partial charge in [0, 0.05) is 31.7 Å². The number of benzene rings is 1. The number of carbonyl (C=O) groups excluding carboxylic acids is 1. The normalized spacial score (nSPS) is 11.9. The molecule has 0 unspecified atom stereocenters. The lowest BCUT2D eigenvalue weighted by Gasteiger charge is -2.21. The minimum absolute atomic E-state index is 0.133. The molecule has 1 aromatic rings. The maximum atomic E-state index is 12.0. The second-order valence-corrected chi connectivity index (χ2v) is 7.62. The van der Waals surface area contributed by atoms with E-state index in [1.54, 1.807) is 0 Å². The smallest absolute Gasteiger partial charge is 0.225 e. The van der Waals surface area contributed by atoms with E-state index in [9.17, 15) is 13.2 Å². The van der Waals surface area contributed by atoms with E-state index in [4.69, 9.17) is 0 Å². The van der Waals surface area contributed by atoms with Crippen molar-refractivity contribution in [2.75, 3.05) is 45.3 Å². The van der Waals surface area contributed by atoms with Crippen LogP contribution in [0.3, 0.4) is 0 Å². The highest BCUT2D eigenvalue weighted by atomic mass is 32.2. The highest BCUT2D eigenvalue weighted by Crippen LogP contribution is 2.10. The third-order valence-electron chi connectivity index (χ3n) is 3.16. The molecule has 0 aliphatic rings. The van der Waals surface area contributed by atoms with Crippen molar-refractivity contribution in [3.05, 3.63) is 29.8 Å². The molecule has 0 aliphatic heterocycles. The molecule has 0 spiro atoms. The summed E-state index contributed by atoms with van der Waals surface area (Å²) in [5.74, 6) is -0.191. The van der Waals surface area contributed by atoms with Crippen molar-refractivity contribution in [3.63, 3.8) is 0 Å². The number of likely N-dealkylation sites (N-methyl/N-ethyl adjacent to an activating group) is 1. The van der Waals surface area contributed by atoms with Gasteiger partial charge in [-0.15, -0.1) is 0 Å². The third-order valence-corrected chi connectivity index (χ3v) is 4.46. The molecule has 124 valence electrons. The van der Waals surface area contributed by atoms with Gasteiger partial charge in [-0.25, -0.2) is 12.7 Å². The Kier molecular flexibility index (Phi) is 6.99. The van der Waals surface area contributed by atoms with E-state index in [0.717, 1.165) is 11.3 Å². The zero-order chi connectivity index (χ0) is 16.8. The van der Waals surface area contributed by atoms with Crippen molar-refractivity contribution in [2.45, 2.75) is 13.3 Å². The summed E-state index contributed by atoms with van der Waals surface area (Å²) in [6.07, 6.45) is 1.30. The average molecular weight is 327 g/mol. The molecular formula is C15H25N3O3S. The Hall–Kier alpha value is -1.44. The molecule has 0 aromatic heterocycles. The molecule has 1 aromatic carbocycles. The van der Waals surface area contributed by atoms with Gasteiger partial charge < -0.3 is 10.2 Å². The molecule has 0 radical (unpaired) electrons. The number of amides is 1. The summed E-state index contributed by atoms with van der Waals surface area (Å²) >= 11 is 0. The van der Waals surface area contributed by atoms with E-state index in [2.05, 4.69) is 5.32 Å². The monoisotopic (exact) mass is 327 g/mol. The van der Waals surface area contributed by atoms with Crippen molar-refractivity contribution in [3.8, 4) is 0 Å². The van der Waals surface area contributed by atoms with Gasteiger partial charge in [0.25, 0.3) is 0 Å². The van der Waals surface area contributed by atoms with Crippen LogP contribution in [0.15, 0.2) is 24.3 Å². The molecule has 0 bridgehead atoms. The number of nitrogens with one attached hydrogen (secondary N) is 1. The Morgan fingerprint density at radius 2 is 1.86 bits per heavy atom. The van der Waals surface area contributed by atoms with Crippen LogP contribution in [0.4, 0.5) is 5.69 Å². The Morgan fingerprint density at radius 3 is 2.41 bits per heavy atom. The summed E-state index contributed by atoms with van der Waals surface area (Å²) in [5.41, 5.74) is 1.78. The van der Waals surface area contributed by atoms with E-state index >= 15 is 0 Å². The summed E-state index contributed by atoms with van der Waals surface area (Å²) in [6.45, 7) is 3.13. The topological polar surface area (TPSA) is 69.7 Å². The molecule has 0 saturated carbocycles. The van der Waals surface area contributed by atoms with Gasteiger partial charge in [-0.1, -0.05) is 12.1 Å². The van der Waals surface area contributed by atoms with Crippen LogP contribution in [0.2, 0.25) is 0 Å². The fourth-order valence-electron chi connectivity index (χ4n) is 1.93. The molecule has 0 saturated heterocycles. The quantitative estimate of drug-likeness (QED) is 0.777. The van der Waals surface area contributed by atoms with Gasteiger partial charge in [0.2, 0.25) is 15.9 Å². The average Bonchev–Trinajstić information content (AvgIpc) is 2.36. The van der Waals surface area contributed by atoms with Gasteiger partial charge in [0.15, 0.2) is 0 Å². The van der Waals surface area contributed by atoms with Crippen molar-refractivity contribution < 1.29 is 13.2 Å². The zero-order valence-electron chi connectivity index (χ0n) is 13.7. The first-order valence-corrected chi connectivity index (χ1v) is 8.99. The predicted octanol–water partition coefficient (Wildman–Crippen LogP) is 1.15. The zero-order valence-corrected chi connectivity index (χ0v) is 14.5. The summed E-state index contributed by atoms with van der Waals surface area (Å²) in [7, 11) is 0.451. The van der Waals surface area contributed by atoms with Crippen LogP contribution in [0.1, 0.15) is 12.0 Å². The minimum Gasteiger partial charge on any atom is -0.326 e. The molecule has 22 heavy (non-hydrogen) atoms. The summed E-state index contributed by atoms with van der Waals surface area (Å²) in [4.78, 5) is 13.9. The number of hydrogen-bond donors (Lipinski definition) is 1. The fraction of sp³-hybridized carbons (Fsp3) is 0.533. The first-order valence-electron chi connectivity index (χ1n) is 7.15. The highest BCUT2D eigenvalue weighted by molar-refractivity contribution is 7.88. The predicted molar refractivity (Wildman–Crippen MR) is 89.4 cm³/mol. The Bertz CT molecular complexity index is 600. The molecule has 7 heteroatoms. The maximum absolute atomic E-state index is 12.0. The van der Waals surface area contributed by atoms with Crippen molar-refractivity contribution in [2.24, 2.45) is 0 Å². The van der Waals surface area contributed by atoms with E-state index < -0.39 is 10.0 Å². The van der Waals surface area contributed by atoms with Gasteiger partial charge in [-0.3, -0.25) is 4.79 Å². The Labute approximate surface area is 133 Å². The third kappa shape index (κ3) is 7.02. The molecule has 6 nitrogen and oxygen atoms in total.